The van der Waals surface area contributed by atoms with Gasteiger partial charge < -0.3 is 4.90 Å². The molecule has 0 amide bonds. The number of nitrogens with zero attached hydrogens (tertiary/aromatic N) is 6. The summed E-state index contributed by atoms with van der Waals surface area (Å²) >= 11 is 0. The highest BCUT2D eigenvalue weighted by Gasteiger charge is 2.23. The summed E-state index contributed by atoms with van der Waals surface area (Å²) in [5, 5.41) is 13.0. The van der Waals surface area contributed by atoms with E-state index in [-0.39, 0.29) is 0 Å². The second-order valence-corrected chi connectivity index (χ2v) is 8.54. The minimum absolute atomic E-state index is 0.847. The molecule has 0 radical (unpaired) electrons. The highest BCUT2D eigenvalue weighted by molar-refractivity contribution is 5.63. The maximum Gasteiger partial charge on any atom is 0.196 e. The molecule has 2 aromatic carbocycles. The fourth-order valence-corrected chi connectivity index (χ4v) is 4.33. The zero-order valence-electron chi connectivity index (χ0n) is 18.8. The summed E-state index contributed by atoms with van der Waals surface area (Å²) in [5.41, 5.74) is 7.86. The SMILES string of the molecule is Cc1ccc(C)c(-n2cc(CN3CCN(c4nonc4C)CC3)c(-c3ccccc3)n2)c1. The van der Waals surface area contributed by atoms with Crippen LogP contribution in [0.4, 0.5) is 5.82 Å². The van der Waals surface area contributed by atoms with Crippen molar-refractivity contribution in [2.45, 2.75) is 27.3 Å². The molecular formula is C25H28N6O. The Kier molecular flexibility index (Phi) is 5.49. The second-order valence-electron chi connectivity index (χ2n) is 8.54. The number of hydrogen-bond acceptors (Lipinski definition) is 6. The monoisotopic (exact) mass is 428 g/mol. The summed E-state index contributed by atoms with van der Waals surface area (Å²) in [6, 6.07) is 17.0. The van der Waals surface area contributed by atoms with E-state index in [9.17, 15) is 0 Å². The largest absolute Gasteiger partial charge is 0.350 e. The van der Waals surface area contributed by atoms with E-state index in [0.717, 1.165) is 61.2 Å². The van der Waals surface area contributed by atoms with Gasteiger partial charge in [0.25, 0.3) is 0 Å². The van der Waals surface area contributed by atoms with Gasteiger partial charge in [0.05, 0.1) is 11.4 Å². The predicted octanol–water partition coefficient (Wildman–Crippen LogP) is 4.17. The summed E-state index contributed by atoms with van der Waals surface area (Å²) in [7, 11) is 0. The molecule has 1 aliphatic heterocycles. The van der Waals surface area contributed by atoms with Gasteiger partial charge in [-0.25, -0.2) is 9.31 Å². The van der Waals surface area contributed by atoms with Crippen LogP contribution in [-0.4, -0.2) is 51.2 Å². The lowest BCUT2D eigenvalue weighted by Crippen LogP contribution is -2.46. The van der Waals surface area contributed by atoms with Gasteiger partial charge in [-0.15, -0.1) is 0 Å². The van der Waals surface area contributed by atoms with Crippen LogP contribution in [0.3, 0.4) is 0 Å². The number of benzene rings is 2. The Balaban J connectivity index is 1.41. The first-order valence-corrected chi connectivity index (χ1v) is 11.1. The topological polar surface area (TPSA) is 63.2 Å². The Labute approximate surface area is 188 Å². The van der Waals surface area contributed by atoms with E-state index in [1.54, 1.807) is 0 Å². The first-order chi connectivity index (χ1) is 15.6. The number of piperazine rings is 1. The van der Waals surface area contributed by atoms with Gasteiger partial charge in [-0.05, 0) is 43.1 Å². The van der Waals surface area contributed by atoms with E-state index in [0.29, 0.717) is 0 Å². The molecule has 1 saturated heterocycles. The van der Waals surface area contributed by atoms with Crippen LogP contribution in [-0.2, 0) is 6.54 Å². The normalized spacial score (nSPS) is 14.8. The molecule has 5 rings (SSSR count). The summed E-state index contributed by atoms with van der Waals surface area (Å²) < 4.78 is 6.92. The van der Waals surface area contributed by atoms with Gasteiger partial charge in [-0.2, -0.15) is 5.10 Å². The Hall–Kier alpha value is -3.45. The van der Waals surface area contributed by atoms with Crippen LogP contribution in [0.15, 0.2) is 59.4 Å². The van der Waals surface area contributed by atoms with Crippen molar-refractivity contribution < 1.29 is 4.63 Å². The third kappa shape index (κ3) is 4.03. The zero-order chi connectivity index (χ0) is 22.1. The molecule has 0 saturated carbocycles. The van der Waals surface area contributed by atoms with Gasteiger partial charge in [-0.3, -0.25) is 4.90 Å². The lowest BCUT2D eigenvalue weighted by atomic mass is 10.1. The van der Waals surface area contributed by atoms with Gasteiger partial charge >= 0.3 is 0 Å². The van der Waals surface area contributed by atoms with Crippen LogP contribution < -0.4 is 4.90 Å². The van der Waals surface area contributed by atoms with Crippen LogP contribution in [0.2, 0.25) is 0 Å². The van der Waals surface area contributed by atoms with E-state index in [1.165, 1.54) is 16.7 Å². The molecular weight excluding hydrogens is 400 g/mol. The standard InChI is InChI=1S/C25H28N6O/c1-18-9-10-19(2)23(15-18)31-17-22(24(26-31)21-7-5-4-6-8-21)16-29-11-13-30(14-12-29)25-20(3)27-32-28-25/h4-10,15,17H,11-14,16H2,1-3H3. The molecule has 32 heavy (non-hydrogen) atoms. The Bertz CT molecular complexity index is 1200. The van der Waals surface area contributed by atoms with Gasteiger partial charge in [0.15, 0.2) is 5.82 Å². The summed E-state index contributed by atoms with van der Waals surface area (Å²) in [5.74, 6) is 0.859. The van der Waals surface area contributed by atoms with E-state index in [1.807, 2.05) is 17.7 Å². The lowest BCUT2D eigenvalue weighted by Gasteiger charge is -2.34. The molecule has 0 spiro atoms. The van der Waals surface area contributed by atoms with Gasteiger partial charge in [0, 0.05) is 50.0 Å². The van der Waals surface area contributed by atoms with Crippen LogP contribution in [0.25, 0.3) is 16.9 Å². The van der Waals surface area contributed by atoms with E-state index in [2.05, 4.69) is 82.6 Å². The quantitative estimate of drug-likeness (QED) is 0.475. The highest BCUT2D eigenvalue weighted by atomic mass is 16.6. The molecule has 164 valence electrons. The second kappa shape index (κ2) is 8.59. The van der Waals surface area contributed by atoms with Crippen LogP contribution in [0.1, 0.15) is 22.4 Å². The number of hydrogen-bond donors (Lipinski definition) is 0. The fourth-order valence-electron chi connectivity index (χ4n) is 4.33. The van der Waals surface area contributed by atoms with Crippen molar-refractivity contribution in [2.24, 2.45) is 0 Å². The first-order valence-electron chi connectivity index (χ1n) is 11.1. The average molecular weight is 429 g/mol. The van der Waals surface area contributed by atoms with Crippen molar-refractivity contribution in [1.82, 2.24) is 25.0 Å². The Morgan fingerprint density at radius 1 is 0.906 bits per heavy atom. The highest BCUT2D eigenvalue weighted by Crippen LogP contribution is 2.27. The maximum atomic E-state index is 5.03. The van der Waals surface area contributed by atoms with Gasteiger partial charge in [0.1, 0.15) is 5.69 Å². The van der Waals surface area contributed by atoms with Crippen molar-refractivity contribution in [3.8, 4) is 16.9 Å². The molecule has 7 heteroatoms. The summed E-state index contributed by atoms with van der Waals surface area (Å²) in [4.78, 5) is 4.73. The summed E-state index contributed by atoms with van der Waals surface area (Å²) in [6.07, 6.45) is 2.20. The number of rotatable bonds is 5. The summed E-state index contributed by atoms with van der Waals surface area (Å²) in [6.45, 7) is 10.8. The van der Waals surface area contributed by atoms with Crippen molar-refractivity contribution >= 4 is 5.82 Å². The number of aromatic nitrogens is 4. The molecule has 2 aromatic heterocycles. The molecule has 7 nitrogen and oxygen atoms in total. The fraction of sp³-hybridized carbons (Fsp3) is 0.320. The van der Waals surface area contributed by atoms with E-state index >= 15 is 0 Å². The van der Waals surface area contributed by atoms with Crippen molar-refractivity contribution in [2.75, 3.05) is 31.1 Å². The molecule has 0 atom stereocenters. The molecule has 0 unspecified atom stereocenters. The maximum absolute atomic E-state index is 5.03. The van der Waals surface area contributed by atoms with Gasteiger partial charge in [-0.1, -0.05) is 47.6 Å². The van der Waals surface area contributed by atoms with Crippen molar-refractivity contribution in [3.63, 3.8) is 0 Å². The molecule has 0 bridgehead atoms. The number of aryl methyl sites for hydroxylation is 3. The van der Waals surface area contributed by atoms with Crippen LogP contribution in [0, 0.1) is 20.8 Å². The molecule has 3 heterocycles. The number of anilines is 1. The van der Waals surface area contributed by atoms with Crippen molar-refractivity contribution in [3.05, 3.63) is 77.1 Å². The first kappa shape index (κ1) is 20.5. The van der Waals surface area contributed by atoms with E-state index < -0.39 is 0 Å². The smallest absolute Gasteiger partial charge is 0.196 e. The molecule has 0 N–H and O–H groups in total. The molecule has 1 aliphatic rings. The lowest BCUT2D eigenvalue weighted by molar-refractivity contribution is 0.247. The van der Waals surface area contributed by atoms with Crippen LogP contribution in [0.5, 0.6) is 0 Å². The third-order valence-electron chi connectivity index (χ3n) is 6.14. The van der Waals surface area contributed by atoms with E-state index in [4.69, 9.17) is 9.73 Å². The average Bonchev–Trinajstić information content (AvgIpc) is 3.43. The molecule has 0 aliphatic carbocycles. The van der Waals surface area contributed by atoms with Crippen molar-refractivity contribution in [1.29, 1.82) is 0 Å². The molecule has 4 aromatic rings. The third-order valence-corrected chi connectivity index (χ3v) is 6.14. The van der Waals surface area contributed by atoms with Gasteiger partial charge in [0.2, 0.25) is 0 Å². The Morgan fingerprint density at radius 3 is 2.41 bits per heavy atom. The molecule has 1 fully saturated rings. The Morgan fingerprint density at radius 2 is 1.69 bits per heavy atom. The zero-order valence-corrected chi connectivity index (χ0v) is 18.8. The van der Waals surface area contributed by atoms with Crippen LogP contribution >= 0.6 is 0 Å². The predicted molar refractivity (Wildman–Crippen MR) is 125 cm³/mol. The minimum Gasteiger partial charge on any atom is -0.350 e. The minimum atomic E-state index is 0.847.